The summed E-state index contributed by atoms with van der Waals surface area (Å²) in [6.07, 6.45) is 10.3. The van der Waals surface area contributed by atoms with E-state index in [4.69, 9.17) is 0 Å². The topological polar surface area (TPSA) is 49.6 Å². The number of aromatic nitrogens is 2. The van der Waals surface area contributed by atoms with Crippen LogP contribution in [0.4, 0.5) is 0 Å². The Morgan fingerprint density at radius 3 is 2.96 bits per heavy atom. The van der Waals surface area contributed by atoms with Crippen molar-refractivity contribution in [1.29, 1.82) is 0 Å². The number of likely N-dealkylation sites (N-methyl/N-ethyl adjacent to an activating group) is 1. The fraction of sp³-hybridized carbons (Fsp3) is 0.556. The second-order valence-corrected chi connectivity index (χ2v) is 6.62. The lowest BCUT2D eigenvalue weighted by Crippen LogP contribution is -2.39. The summed E-state index contributed by atoms with van der Waals surface area (Å²) in [7, 11) is 2.16. The number of hydrogen-bond acceptors (Lipinski definition) is 3. The van der Waals surface area contributed by atoms with Gasteiger partial charge in [0, 0.05) is 31.5 Å². The Morgan fingerprint density at radius 1 is 1.39 bits per heavy atom. The fourth-order valence-electron chi connectivity index (χ4n) is 3.33. The smallest absolute Gasteiger partial charge is 0.271 e. The first-order valence-corrected chi connectivity index (χ1v) is 8.57. The van der Waals surface area contributed by atoms with E-state index >= 15 is 0 Å². The summed E-state index contributed by atoms with van der Waals surface area (Å²) < 4.78 is 1.88. The van der Waals surface area contributed by atoms with Gasteiger partial charge in [0.05, 0.1) is 0 Å². The van der Waals surface area contributed by atoms with Crippen molar-refractivity contribution < 1.29 is 4.79 Å². The van der Waals surface area contributed by atoms with Crippen LogP contribution in [-0.4, -0.2) is 46.4 Å². The van der Waals surface area contributed by atoms with Gasteiger partial charge in [0.15, 0.2) is 0 Å². The van der Waals surface area contributed by atoms with Crippen LogP contribution in [-0.2, 0) is 0 Å². The van der Waals surface area contributed by atoms with Gasteiger partial charge in [0.25, 0.3) is 5.91 Å². The van der Waals surface area contributed by atoms with Gasteiger partial charge in [0.2, 0.25) is 0 Å². The average molecular weight is 314 g/mol. The lowest BCUT2D eigenvalue weighted by Gasteiger charge is -2.31. The highest BCUT2D eigenvalue weighted by molar-refractivity contribution is 5.92. The molecule has 1 aliphatic carbocycles. The normalized spacial score (nSPS) is 16.1. The summed E-state index contributed by atoms with van der Waals surface area (Å²) in [5.74, 6) is -0.0941. The molecule has 0 aromatic carbocycles. The third kappa shape index (κ3) is 3.91. The van der Waals surface area contributed by atoms with E-state index in [-0.39, 0.29) is 5.91 Å². The molecule has 0 radical (unpaired) electrons. The van der Waals surface area contributed by atoms with Gasteiger partial charge in [-0.05, 0) is 44.5 Å². The maximum absolute atomic E-state index is 12.3. The maximum Gasteiger partial charge on any atom is 0.271 e. The summed E-state index contributed by atoms with van der Waals surface area (Å²) in [5.41, 5.74) is 2.44. The molecule has 0 aliphatic heterocycles. The predicted octanol–water partition coefficient (Wildman–Crippen LogP) is 2.64. The van der Waals surface area contributed by atoms with E-state index in [1.54, 1.807) is 6.20 Å². The third-order valence-electron chi connectivity index (χ3n) is 4.80. The SMILES string of the molecule is Cc1ccn2cc(C(=O)NCCN(C)C3CCCCC3)nc2c1. The number of aryl methyl sites for hydroxylation is 1. The fourth-order valence-corrected chi connectivity index (χ4v) is 3.33. The number of hydrogen-bond donors (Lipinski definition) is 1. The van der Waals surface area contributed by atoms with Crippen molar-refractivity contribution in [3.8, 4) is 0 Å². The first-order valence-electron chi connectivity index (χ1n) is 8.57. The van der Waals surface area contributed by atoms with Crippen LogP contribution in [0.5, 0.6) is 0 Å². The Hall–Kier alpha value is -1.88. The maximum atomic E-state index is 12.3. The van der Waals surface area contributed by atoms with Crippen LogP contribution >= 0.6 is 0 Å². The van der Waals surface area contributed by atoms with Crippen LogP contribution < -0.4 is 5.32 Å². The van der Waals surface area contributed by atoms with Crippen molar-refractivity contribution in [2.75, 3.05) is 20.1 Å². The molecule has 124 valence electrons. The van der Waals surface area contributed by atoms with Crippen molar-refractivity contribution in [3.05, 3.63) is 35.8 Å². The average Bonchev–Trinajstić information content (AvgIpc) is 2.98. The Balaban J connectivity index is 1.52. The van der Waals surface area contributed by atoms with Gasteiger partial charge in [0.1, 0.15) is 11.3 Å². The molecule has 5 heteroatoms. The zero-order valence-electron chi connectivity index (χ0n) is 14.1. The zero-order chi connectivity index (χ0) is 16.2. The second-order valence-electron chi connectivity index (χ2n) is 6.62. The van der Waals surface area contributed by atoms with Gasteiger partial charge in [-0.15, -0.1) is 0 Å². The Bertz CT molecular complexity index is 673. The number of nitrogens with zero attached hydrogens (tertiary/aromatic N) is 3. The molecule has 1 aliphatic rings. The second kappa shape index (κ2) is 7.13. The van der Waals surface area contributed by atoms with Gasteiger partial charge in [-0.1, -0.05) is 19.3 Å². The van der Waals surface area contributed by atoms with Crippen LogP contribution in [0.15, 0.2) is 24.5 Å². The van der Waals surface area contributed by atoms with Gasteiger partial charge in [-0.25, -0.2) is 4.98 Å². The molecule has 0 spiro atoms. The molecular formula is C18H26N4O. The third-order valence-corrected chi connectivity index (χ3v) is 4.80. The molecule has 0 saturated heterocycles. The van der Waals surface area contributed by atoms with Crippen LogP contribution in [0, 0.1) is 6.92 Å². The highest BCUT2D eigenvalue weighted by atomic mass is 16.1. The summed E-state index contributed by atoms with van der Waals surface area (Å²) in [5, 5.41) is 2.99. The molecule has 1 saturated carbocycles. The molecule has 5 nitrogen and oxygen atoms in total. The van der Waals surface area contributed by atoms with E-state index in [0.29, 0.717) is 18.3 Å². The molecule has 0 bridgehead atoms. The Morgan fingerprint density at radius 2 is 2.17 bits per heavy atom. The molecule has 23 heavy (non-hydrogen) atoms. The quantitative estimate of drug-likeness (QED) is 0.923. The summed E-state index contributed by atoms with van der Waals surface area (Å²) in [6.45, 7) is 3.58. The number of amides is 1. The molecule has 3 rings (SSSR count). The highest BCUT2D eigenvalue weighted by Gasteiger charge is 2.18. The van der Waals surface area contributed by atoms with E-state index in [0.717, 1.165) is 17.8 Å². The van der Waals surface area contributed by atoms with Crippen molar-refractivity contribution in [1.82, 2.24) is 19.6 Å². The number of rotatable bonds is 5. The standard InChI is InChI=1S/C18H26N4O/c1-14-8-10-22-13-16(20-17(22)12-14)18(23)19-9-11-21(2)15-6-4-3-5-7-15/h8,10,12-13,15H,3-7,9,11H2,1-2H3,(H,19,23). The van der Waals surface area contributed by atoms with E-state index < -0.39 is 0 Å². The molecule has 2 aromatic rings. The zero-order valence-corrected chi connectivity index (χ0v) is 14.1. The van der Waals surface area contributed by atoms with E-state index in [9.17, 15) is 4.79 Å². The number of nitrogens with one attached hydrogen (secondary N) is 1. The number of pyridine rings is 1. The minimum atomic E-state index is -0.0941. The molecule has 1 N–H and O–H groups in total. The van der Waals surface area contributed by atoms with Gasteiger partial charge < -0.3 is 14.6 Å². The number of carbonyl (C=O) groups is 1. The Labute approximate surface area is 137 Å². The first-order chi connectivity index (χ1) is 11.1. The van der Waals surface area contributed by atoms with Crippen LogP contribution in [0.25, 0.3) is 5.65 Å². The van der Waals surface area contributed by atoms with Crippen LogP contribution in [0.2, 0.25) is 0 Å². The first kappa shape index (κ1) is 16.0. The number of imidazole rings is 1. The lowest BCUT2D eigenvalue weighted by molar-refractivity contribution is 0.0940. The molecule has 1 fully saturated rings. The van der Waals surface area contributed by atoms with E-state index in [2.05, 4.69) is 22.2 Å². The minimum Gasteiger partial charge on any atom is -0.349 e. The Kier molecular flexibility index (Phi) is 4.96. The van der Waals surface area contributed by atoms with Crippen molar-refractivity contribution >= 4 is 11.6 Å². The summed E-state index contributed by atoms with van der Waals surface area (Å²) in [6, 6.07) is 4.67. The summed E-state index contributed by atoms with van der Waals surface area (Å²) >= 11 is 0. The van der Waals surface area contributed by atoms with Crippen LogP contribution in [0.1, 0.15) is 48.2 Å². The van der Waals surface area contributed by atoms with Crippen molar-refractivity contribution in [2.45, 2.75) is 45.1 Å². The molecule has 0 unspecified atom stereocenters. The number of fused-ring (bicyclic) bond motifs is 1. The molecular weight excluding hydrogens is 288 g/mol. The van der Waals surface area contributed by atoms with Crippen LogP contribution in [0.3, 0.4) is 0 Å². The van der Waals surface area contributed by atoms with Gasteiger partial charge in [-0.3, -0.25) is 4.79 Å². The molecule has 0 atom stereocenters. The monoisotopic (exact) mass is 314 g/mol. The predicted molar refractivity (Wildman–Crippen MR) is 91.8 cm³/mol. The molecule has 1 amide bonds. The van der Waals surface area contributed by atoms with Gasteiger partial charge in [-0.2, -0.15) is 0 Å². The highest BCUT2D eigenvalue weighted by Crippen LogP contribution is 2.21. The van der Waals surface area contributed by atoms with Gasteiger partial charge >= 0.3 is 0 Å². The number of carbonyl (C=O) groups excluding carboxylic acids is 1. The summed E-state index contributed by atoms with van der Waals surface area (Å²) in [4.78, 5) is 19.0. The van der Waals surface area contributed by atoms with E-state index in [1.165, 1.54) is 32.1 Å². The van der Waals surface area contributed by atoms with Crippen molar-refractivity contribution in [2.24, 2.45) is 0 Å². The van der Waals surface area contributed by atoms with Crippen molar-refractivity contribution in [3.63, 3.8) is 0 Å². The minimum absolute atomic E-state index is 0.0941. The molecule has 2 aromatic heterocycles. The van der Waals surface area contributed by atoms with E-state index in [1.807, 2.05) is 29.7 Å². The largest absolute Gasteiger partial charge is 0.349 e. The molecule has 2 heterocycles. The lowest BCUT2D eigenvalue weighted by atomic mass is 9.94.